The van der Waals surface area contributed by atoms with E-state index in [1.54, 1.807) is 29.7 Å². The number of alkyl halides is 3. The van der Waals surface area contributed by atoms with Crippen LogP contribution in [0.2, 0.25) is 0 Å². The van der Waals surface area contributed by atoms with Gasteiger partial charge in [-0.25, -0.2) is 0 Å². The Morgan fingerprint density at radius 3 is 2.04 bits per heavy atom. The highest BCUT2D eigenvalue weighted by molar-refractivity contribution is 5.72. The van der Waals surface area contributed by atoms with Crippen LogP contribution in [0.4, 0.5) is 19.1 Å². The second kappa shape index (κ2) is 13.2. The van der Waals surface area contributed by atoms with Gasteiger partial charge < -0.3 is 14.8 Å². The van der Waals surface area contributed by atoms with Crippen LogP contribution >= 0.6 is 0 Å². The summed E-state index contributed by atoms with van der Waals surface area (Å²) >= 11 is 0. The Balaban J connectivity index is 0.000000166. The highest BCUT2D eigenvalue weighted by atomic mass is 19.4. The average molecular weight is 638 g/mol. The van der Waals surface area contributed by atoms with E-state index in [1.165, 1.54) is 13.2 Å². The number of fused-ring (bicyclic) bond motifs is 2. The summed E-state index contributed by atoms with van der Waals surface area (Å²) in [6, 6.07) is 28.7. The van der Waals surface area contributed by atoms with E-state index in [2.05, 4.69) is 37.8 Å². The van der Waals surface area contributed by atoms with Crippen molar-refractivity contribution in [2.75, 3.05) is 19.0 Å². The van der Waals surface area contributed by atoms with Gasteiger partial charge in [0, 0.05) is 30.1 Å². The van der Waals surface area contributed by atoms with Gasteiger partial charge >= 0.3 is 6.18 Å². The number of methoxy groups -OCH3 is 1. The van der Waals surface area contributed by atoms with Crippen LogP contribution in [0.5, 0.6) is 17.2 Å². The number of nitrogens with one attached hydrogen (secondary N) is 1. The number of anilines is 1. The molecule has 7 aromatic rings. The number of benzene rings is 3. The number of aromatic nitrogens is 6. The zero-order chi connectivity index (χ0) is 33.0. The van der Waals surface area contributed by atoms with Crippen LogP contribution < -0.4 is 14.8 Å². The minimum Gasteiger partial charge on any atom is -0.496 e. The monoisotopic (exact) mass is 637 g/mol. The van der Waals surface area contributed by atoms with E-state index in [-0.39, 0.29) is 0 Å². The van der Waals surface area contributed by atoms with Crippen LogP contribution in [-0.2, 0) is 6.18 Å². The van der Waals surface area contributed by atoms with E-state index < -0.39 is 11.7 Å². The van der Waals surface area contributed by atoms with Crippen molar-refractivity contribution >= 4 is 17.2 Å². The first kappa shape index (κ1) is 31.1. The van der Waals surface area contributed by atoms with E-state index >= 15 is 0 Å². The molecule has 0 saturated carbocycles. The fraction of sp³-hybridized carbons (Fsp3) is 0.143. The van der Waals surface area contributed by atoms with Gasteiger partial charge in [-0.1, -0.05) is 30.3 Å². The third-order valence-electron chi connectivity index (χ3n) is 7.31. The Bertz CT molecular complexity index is 2130. The summed E-state index contributed by atoms with van der Waals surface area (Å²) < 4.78 is 53.5. The van der Waals surface area contributed by atoms with Crippen molar-refractivity contribution < 1.29 is 22.6 Å². The molecule has 0 bridgehead atoms. The molecule has 0 spiro atoms. The van der Waals surface area contributed by atoms with Crippen molar-refractivity contribution in [2.24, 2.45) is 0 Å². The van der Waals surface area contributed by atoms with Gasteiger partial charge in [-0.15, -0.1) is 20.4 Å². The summed E-state index contributed by atoms with van der Waals surface area (Å²) in [5, 5.41) is 19.4. The number of aryl methyl sites for hydroxylation is 1. The summed E-state index contributed by atoms with van der Waals surface area (Å²) in [4.78, 5) is 0. The summed E-state index contributed by atoms with van der Waals surface area (Å²) in [6.45, 7) is 4.61. The molecule has 0 fully saturated rings. The maximum Gasteiger partial charge on any atom is 0.416 e. The molecular weight excluding hydrogens is 607 g/mol. The van der Waals surface area contributed by atoms with Gasteiger partial charge in [-0.3, -0.25) is 8.80 Å². The zero-order valence-corrected chi connectivity index (χ0v) is 25.7. The van der Waals surface area contributed by atoms with Crippen LogP contribution in [0.15, 0.2) is 109 Å². The molecule has 12 heteroatoms. The minimum absolute atomic E-state index is 0.368. The van der Waals surface area contributed by atoms with Crippen molar-refractivity contribution in [3.8, 4) is 39.5 Å². The number of hydrogen-bond acceptors (Lipinski definition) is 7. The van der Waals surface area contributed by atoms with Gasteiger partial charge in [0.2, 0.25) is 5.95 Å². The average Bonchev–Trinajstić information content (AvgIpc) is 3.67. The lowest BCUT2D eigenvalue weighted by atomic mass is 10.0. The Labute approximate surface area is 268 Å². The standard InChI is InChI=1S/C20H18N4O.C15H12F3N3O/c1-2-21-20-23-22-19-13-10-16(14-24(19)20)15-8-11-18(12-9-15)25-17-6-4-3-5-7-17;1-9-19-20-14-6-3-10(8-21(9)14)12-7-11(15(16,17)18)4-5-13(12)22-2/h3-14H,2H2,1H3,(H,21,23);3-8H,1-2H3. The molecule has 0 saturated heterocycles. The molecule has 0 atom stereocenters. The predicted octanol–water partition coefficient (Wildman–Crippen LogP) is 8.35. The fourth-order valence-corrected chi connectivity index (χ4v) is 4.95. The first-order chi connectivity index (χ1) is 22.7. The molecule has 4 aromatic heterocycles. The third-order valence-corrected chi connectivity index (χ3v) is 7.31. The summed E-state index contributed by atoms with van der Waals surface area (Å²) in [5.41, 5.74) is 3.90. The molecule has 0 unspecified atom stereocenters. The Morgan fingerprint density at radius 1 is 0.702 bits per heavy atom. The van der Waals surface area contributed by atoms with Crippen LogP contribution in [0.3, 0.4) is 0 Å². The van der Waals surface area contributed by atoms with Crippen LogP contribution in [-0.4, -0.2) is 42.9 Å². The number of halogens is 3. The van der Waals surface area contributed by atoms with Crippen molar-refractivity contribution in [1.82, 2.24) is 29.2 Å². The van der Waals surface area contributed by atoms with Crippen LogP contribution in [0, 0.1) is 6.92 Å². The van der Waals surface area contributed by atoms with Gasteiger partial charge in [0.05, 0.1) is 12.7 Å². The van der Waals surface area contributed by atoms with Gasteiger partial charge in [-0.2, -0.15) is 13.2 Å². The largest absolute Gasteiger partial charge is 0.496 e. The number of para-hydroxylation sites is 1. The lowest BCUT2D eigenvalue weighted by Crippen LogP contribution is -2.05. The minimum atomic E-state index is -4.41. The third kappa shape index (κ3) is 6.86. The van der Waals surface area contributed by atoms with Crippen LogP contribution in [0.25, 0.3) is 33.5 Å². The molecule has 0 amide bonds. The number of nitrogens with zero attached hydrogens (tertiary/aromatic N) is 6. The summed E-state index contributed by atoms with van der Waals surface area (Å²) in [5.74, 6) is 3.43. The Hall–Kier alpha value is -5.91. The second-order valence-corrected chi connectivity index (χ2v) is 10.4. The Kier molecular flexibility index (Phi) is 8.74. The maximum atomic E-state index is 12.9. The normalized spacial score (nSPS) is 11.3. The van der Waals surface area contributed by atoms with Gasteiger partial charge in [0.25, 0.3) is 0 Å². The molecule has 238 valence electrons. The number of ether oxygens (including phenoxy) is 2. The molecule has 47 heavy (non-hydrogen) atoms. The van der Waals surface area contributed by atoms with E-state index in [4.69, 9.17) is 9.47 Å². The molecule has 3 aromatic carbocycles. The molecule has 0 radical (unpaired) electrons. The lowest BCUT2D eigenvalue weighted by Gasteiger charge is -2.13. The molecule has 9 nitrogen and oxygen atoms in total. The maximum absolute atomic E-state index is 12.9. The van der Waals surface area contributed by atoms with Gasteiger partial charge in [0.1, 0.15) is 23.1 Å². The highest BCUT2D eigenvalue weighted by Gasteiger charge is 2.31. The quantitative estimate of drug-likeness (QED) is 0.188. The predicted molar refractivity (Wildman–Crippen MR) is 174 cm³/mol. The fourth-order valence-electron chi connectivity index (χ4n) is 4.95. The zero-order valence-electron chi connectivity index (χ0n) is 25.7. The smallest absolute Gasteiger partial charge is 0.416 e. The topological polar surface area (TPSA) is 90.9 Å². The summed E-state index contributed by atoms with van der Waals surface area (Å²) in [7, 11) is 1.43. The molecule has 4 heterocycles. The molecular formula is C35H30F3N7O2. The van der Waals surface area contributed by atoms with E-state index in [0.717, 1.165) is 52.9 Å². The van der Waals surface area contributed by atoms with Crippen molar-refractivity contribution in [3.63, 3.8) is 0 Å². The van der Waals surface area contributed by atoms with Gasteiger partial charge in [-0.05, 0) is 91.7 Å². The number of pyridine rings is 2. The first-order valence-corrected chi connectivity index (χ1v) is 14.7. The van der Waals surface area contributed by atoms with Crippen molar-refractivity contribution in [3.05, 3.63) is 121 Å². The highest BCUT2D eigenvalue weighted by Crippen LogP contribution is 2.37. The molecule has 1 N–H and O–H groups in total. The van der Waals surface area contributed by atoms with E-state index in [9.17, 15) is 13.2 Å². The van der Waals surface area contributed by atoms with Crippen molar-refractivity contribution in [2.45, 2.75) is 20.0 Å². The second-order valence-electron chi connectivity index (χ2n) is 10.4. The summed E-state index contributed by atoms with van der Waals surface area (Å²) in [6.07, 6.45) is -0.666. The van der Waals surface area contributed by atoms with E-state index in [0.29, 0.717) is 28.3 Å². The Morgan fingerprint density at radius 2 is 1.34 bits per heavy atom. The molecule has 0 aliphatic rings. The van der Waals surface area contributed by atoms with Gasteiger partial charge in [0.15, 0.2) is 11.3 Å². The SMILES string of the molecule is CCNc1nnc2ccc(-c3ccc(Oc4ccccc4)cc3)cn12.COc1ccc(C(F)(F)F)cc1-c1ccc2nnc(C)n2c1. The number of rotatable bonds is 7. The molecule has 0 aliphatic carbocycles. The molecule has 0 aliphatic heterocycles. The molecule has 7 rings (SSSR count). The van der Waals surface area contributed by atoms with Crippen LogP contribution in [0.1, 0.15) is 18.3 Å². The van der Waals surface area contributed by atoms with Crippen molar-refractivity contribution in [1.29, 1.82) is 0 Å². The van der Waals surface area contributed by atoms with E-state index in [1.807, 2.05) is 72.1 Å². The number of hydrogen-bond donors (Lipinski definition) is 1. The first-order valence-electron chi connectivity index (χ1n) is 14.7. The lowest BCUT2D eigenvalue weighted by molar-refractivity contribution is -0.137.